The van der Waals surface area contributed by atoms with Crippen LogP contribution >= 0.6 is 0 Å². The van der Waals surface area contributed by atoms with Crippen LogP contribution in [0.15, 0.2) is 36.8 Å². The Hall–Kier alpha value is -1.90. The van der Waals surface area contributed by atoms with Crippen molar-refractivity contribution >= 4 is 11.4 Å². The van der Waals surface area contributed by atoms with Crippen LogP contribution in [0.3, 0.4) is 0 Å². The van der Waals surface area contributed by atoms with Crippen LogP contribution in [0, 0.1) is 13.8 Å². The molecular formula is C12H13N3. The van der Waals surface area contributed by atoms with Gasteiger partial charge in [0.05, 0.1) is 23.8 Å². The molecule has 0 saturated heterocycles. The molecule has 2 aromatic heterocycles. The number of hydrogen-bond acceptors (Lipinski definition) is 3. The van der Waals surface area contributed by atoms with E-state index in [-0.39, 0.29) is 0 Å². The summed E-state index contributed by atoms with van der Waals surface area (Å²) in [6.45, 7) is 3.99. The third-order valence-corrected chi connectivity index (χ3v) is 2.08. The number of nitrogens with one attached hydrogen (secondary N) is 1. The molecule has 0 spiro atoms. The third-order valence-electron chi connectivity index (χ3n) is 2.08. The van der Waals surface area contributed by atoms with Crippen molar-refractivity contribution in [3.8, 4) is 0 Å². The molecular weight excluding hydrogens is 186 g/mol. The number of rotatable bonds is 2. The molecule has 76 valence electrons. The lowest BCUT2D eigenvalue weighted by Crippen LogP contribution is -1.92. The molecule has 0 aliphatic rings. The largest absolute Gasteiger partial charge is 0.353 e. The molecule has 2 aromatic rings. The Labute approximate surface area is 89.2 Å². The number of aromatic nitrogens is 2. The van der Waals surface area contributed by atoms with Crippen LogP contribution in [0.5, 0.6) is 0 Å². The van der Waals surface area contributed by atoms with Crippen molar-refractivity contribution in [2.75, 3.05) is 5.32 Å². The van der Waals surface area contributed by atoms with Gasteiger partial charge in [-0.1, -0.05) is 0 Å². The van der Waals surface area contributed by atoms with Gasteiger partial charge in [0, 0.05) is 11.9 Å². The Morgan fingerprint density at radius 1 is 1.00 bits per heavy atom. The maximum atomic E-state index is 4.21. The quantitative estimate of drug-likeness (QED) is 0.808. The molecule has 2 heterocycles. The van der Waals surface area contributed by atoms with Gasteiger partial charge in [0.25, 0.3) is 0 Å². The number of nitrogens with zero attached hydrogens (tertiary/aromatic N) is 2. The highest BCUT2D eigenvalue weighted by atomic mass is 14.9. The second kappa shape index (κ2) is 4.09. The third kappa shape index (κ3) is 2.53. The van der Waals surface area contributed by atoms with Gasteiger partial charge in [-0.15, -0.1) is 0 Å². The molecule has 0 atom stereocenters. The number of hydrogen-bond donors (Lipinski definition) is 1. The fraction of sp³-hybridized carbons (Fsp3) is 0.167. The highest BCUT2D eigenvalue weighted by molar-refractivity contribution is 5.58. The fourth-order valence-electron chi connectivity index (χ4n) is 1.33. The van der Waals surface area contributed by atoms with E-state index in [9.17, 15) is 0 Å². The summed E-state index contributed by atoms with van der Waals surface area (Å²) in [4.78, 5) is 8.33. The van der Waals surface area contributed by atoms with E-state index in [1.165, 1.54) is 0 Å². The average molecular weight is 199 g/mol. The van der Waals surface area contributed by atoms with Gasteiger partial charge in [0.2, 0.25) is 0 Å². The Bertz CT molecular complexity index is 449. The van der Waals surface area contributed by atoms with Crippen molar-refractivity contribution in [2.45, 2.75) is 13.8 Å². The molecule has 1 N–H and O–H groups in total. The zero-order valence-corrected chi connectivity index (χ0v) is 8.86. The van der Waals surface area contributed by atoms with Crippen LogP contribution in [-0.4, -0.2) is 9.97 Å². The summed E-state index contributed by atoms with van der Waals surface area (Å²) in [5.74, 6) is 0. The first-order valence-corrected chi connectivity index (χ1v) is 4.85. The Morgan fingerprint density at radius 3 is 2.53 bits per heavy atom. The molecule has 0 aromatic carbocycles. The van der Waals surface area contributed by atoms with Crippen molar-refractivity contribution in [1.29, 1.82) is 0 Å². The molecule has 15 heavy (non-hydrogen) atoms. The lowest BCUT2D eigenvalue weighted by Gasteiger charge is -2.05. The molecule has 0 bridgehead atoms. The van der Waals surface area contributed by atoms with Crippen LogP contribution < -0.4 is 5.32 Å². The Balaban J connectivity index is 2.18. The number of aryl methyl sites for hydroxylation is 2. The lowest BCUT2D eigenvalue weighted by atomic mass is 10.3. The lowest BCUT2D eigenvalue weighted by molar-refractivity contribution is 1.20. The molecule has 0 unspecified atom stereocenters. The monoisotopic (exact) mass is 199 g/mol. The summed E-state index contributed by atoms with van der Waals surface area (Å²) < 4.78 is 0. The van der Waals surface area contributed by atoms with Gasteiger partial charge >= 0.3 is 0 Å². The van der Waals surface area contributed by atoms with Gasteiger partial charge in [0.1, 0.15) is 0 Å². The summed E-state index contributed by atoms with van der Waals surface area (Å²) in [6.07, 6.45) is 5.45. The van der Waals surface area contributed by atoms with Crippen molar-refractivity contribution in [2.24, 2.45) is 0 Å². The van der Waals surface area contributed by atoms with Crippen molar-refractivity contribution < 1.29 is 0 Å². The van der Waals surface area contributed by atoms with Crippen molar-refractivity contribution in [3.05, 3.63) is 48.0 Å². The molecule has 3 heteroatoms. The summed E-state index contributed by atoms with van der Waals surface area (Å²) in [5, 5.41) is 3.25. The van der Waals surface area contributed by atoms with E-state index >= 15 is 0 Å². The van der Waals surface area contributed by atoms with Gasteiger partial charge in [-0.3, -0.25) is 9.97 Å². The molecule has 0 aliphatic heterocycles. The highest BCUT2D eigenvalue weighted by Crippen LogP contribution is 2.15. The van der Waals surface area contributed by atoms with Gasteiger partial charge in [-0.2, -0.15) is 0 Å². The first kappa shape index (κ1) is 9.65. The van der Waals surface area contributed by atoms with Crippen LogP contribution in [0.4, 0.5) is 11.4 Å². The number of anilines is 2. The van der Waals surface area contributed by atoms with Gasteiger partial charge in [-0.25, -0.2) is 0 Å². The molecule has 0 radical (unpaired) electrons. The number of pyridine rings is 2. The van der Waals surface area contributed by atoms with E-state index in [4.69, 9.17) is 0 Å². The second-order valence-electron chi connectivity index (χ2n) is 3.56. The normalized spacial score (nSPS) is 10.0. The van der Waals surface area contributed by atoms with E-state index in [0.717, 1.165) is 22.6 Å². The highest BCUT2D eigenvalue weighted by Gasteiger charge is 1.95. The summed E-state index contributed by atoms with van der Waals surface area (Å²) in [5.41, 5.74) is 4.12. The van der Waals surface area contributed by atoms with E-state index in [0.29, 0.717) is 0 Å². The Kier molecular flexibility index (Phi) is 2.63. The van der Waals surface area contributed by atoms with Gasteiger partial charge in [-0.05, 0) is 37.6 Å². The average Bonchev–Trinajstić information content (AvgIpc) is 2.22. The SMILES string of the molecule is Cc1cncc(Nc2ccc(C)nc2)c1. The smallest absolute Gasteiger partial charge is 0.0573 e. The second-order valence-corrected chi connectivity index (χ2v) is 3.56. The topological polar surface area (TPSA) is 37.8 Å². The molecule has 2 rings (SSSR count). The fourth-order valence-corrected chi connectivity index (χ4v) is 1.33. The zero-order valence-electron chi connectivity index (χ0n) is 8.86. The first-order valence-electron chi connectivity index (χ1n) is 4.85. The van der Waals surface area contributed by atoms with E-state index in [1.807, 2.05) is 44.4 Å². The van der Waals surface area contributed by atoms with Crippen molar-refractivity contribution in [1.82, 2.24) is 9.97 Å². The first-order chi connectivity index (χ1) is 7.24. The van der Waals surface area contributed by atoms with Crippen molar-refractivity contribution in [3.63, 3.8) is 0 Å². The predicted octanol–water partition coefficient (Wildman–Crippen LogP) is 2.84. The molecule has 0 saturated carbocycles. The molecule has 0 aliphatic carbocycles. The van der Waals surface area contributed by atoms with E-state index in [1.54, 1.807) is 6.20 Å². The summed E-state index contributed by atoms with van der Waals surface area (Å²) >= 11 is 0. The molecule has 3 nitrogen and oxygen atoms in total. The van der Waals surface area contributed by atoms with E-state index in [2.05, 4.69) is 15.3 Å². The van der Waals surface area contributed by atoms with Crippen LogP contribution in [0.2, 0.25) is 0 Å². The summed E-state index contributed by atoms with van der Waals surface area (Å²) in [6, 6.07) is 6.03. The minimum atomic E-state index is 0.980. The predicted molar refractivity (Wildman–Crippen MR) is 61.2 cm³/mol. The summed E-state index contributed by atoms with van der Waals surface area (Å²) in [7, 11) is 0. The maximum absolute atomic E-state index is 4.21. The molecule has 0 fully saturated rings. The van der Waals surface area contributed by atoms with Crippen LogP contribution in [-0.2, 0) is 0 Å². The van der Waals surface area contributed by atoms with E-state index < -0.39 is 0 Å². The van der Waals surface area contributed by atoms with Gasteiger partial charge < -0.3 is 5.32 Å². The van der Waals surface area contributed by atoms with Crippen LogP contribution in [0.25, 0.3) is 0 Å². The maximum Gasteiger partial charge on any atom is 0.0573 e. The Morgan fingerprint density at radius 2 is 1.87 bits per heavy atom. The minimum absolute atomic E-state index is 0.980. The van der Waals surface area contributed by atoms with Gasteiger partial charge in [0.15, 0.2) is 0 Å². The standard InChI is InChI=1S/C12H13N3/c1-9-5-12(7-13-6-9)15-11-4-3-10(2)14-8-11/h3-8,15H,1-2H3. The zero-order chi connectivity index (χ0) is 10.7. The minimum Gasteiger partial charge on any atom is -0.353 e. The van der Waals surface area contributed by atoms with Crippen LogP contribution in [0.1, 0.15) is 11.3 Å². The molecule has 0 amide bonds.